The summed E-state index contributed by atoms with van der Waals surface area (Å²) >= 11 is 15.0. The topological polar surface area (TPSA) is 37.4 Å². The average Bonchev–Trinajstić information content (AvgIpc) is 2.97. The SMILES string of the molecule is C=CCBr.C=CC[C@H](Cc1ccc(Cl)cc1)CS(=O)C(C)(C)C.C=CC[C@H](Cc1ccc(Cl)cc1)N(CC=C)S(=O)C(C)(C)C. The maximum atomic E-state index is 12.8. The fourth-order valence-electron chi connectivity index (χ4n) is 4.08. The third-order valence-corrected chi connectivity index (χ3v) is 11.4. The first-order valence-electron chi connectivity index (χ1n) is 15.1. The van der Waals surface area contributed by atoms with E-state index in [0.29, 0.717) is 12.5 Å². The Kier molecular flexibility index (Phi) is 22.5. The maximum absolute atomic E-state index is 12.8. The molecule has 0 amide bonds. The van der Waals surface area contributed by atoms with E-state index in [1.165, 1.54) is 11.1 Å². The summed E-state index contributed by atoms with van der Waals surface area (Å²) in [6.07, 6.45) is 10.8. The van der Waals surface area contributed by atoms with Crippen LogP contribution in [0, 0.1) is 5.92 Å². The molecule has 4 atom stereocenters. The van der Waals surface area contributed by atoms with Crippen LogP contribution in [-0.4, -0.2) is 45.9 Å². The molecule has 0 aliphatic rings. The molecule has 0 fully saturated rings. The van der Waals surface area contributed by atoms with Crippen molar-refractivity contribution in [3.05, 3.63) is 120 Å². The minimum Gasteiger partial charge on any atom is -0.259 e. The Bertz CT molecular complexity index is 1200. The molecule has 0 saturated heterocycles. The third-order valence-electron chi connectivity index (χ3n) is 6.39. The summed E-state index contributed by atoms with van der Waals surface area (Å²) in [7, 11) is -1.92. The lowest BCUT2D eigenvalue weighted by Gasteiger charge is -2.34. The van der Waals surface area contributed by atoms with Gasteiger partial charge in [0, 0.05) is 49.3 Å². The van der Waals surface area contributed by atoms with E-state index >= 15 is 0 Å². The Morgan fingerprint density at radius 1 is 0.733 bits per heavy atom. The zero-order valence-corrected chi connectivity index (χ0v) is 32.8. The molecule has 0 aromatic heterocycles. The summed E-state index contributed by atoms with van der Waals surface area (Å²) in [5, 5.41) is 2.38. The van der Waals surface area contributed by atoms with Crippen LogP contribution in [0.2, 0.25) is 10.0 Å². The highest BCUT2D eigenvalue weighted by Gasteiger charge is 2.30. The number of halogens is 3. The molecule has 0 spiro atoms. The van der Waals surface area contributed by atoms with Crippen LogP contribution < -0.4 is 0 Å². The number of benzene rings is 2. The molecular weight excluding hydrogens is 705 g/mol. The molecule has 8 heteroatoms. The predicted octanol–water partition coefficient (Wildman–Crippen LogP) is 11.0. The Labute approximate surface area is 298 Å². The summed E-state index contributed by atoms with van der Waals surface area (Å²) in [6.45, 7) is 27.5. The molecular formula is C37H54BrCl2NO2S2. The largest absolute Gasteiger partial charge is 0.259 e. The van der Waals surface area contributed by atoms with Gasteiger partial charge in [-0.15, -0.1) is 26.3 Å². The maximum Gasteiger partial charge on any atom is 0.100 e. The second kappa shape index (κ2) is 23.1. The summed E-state index contributed by atoms with van der Waals surface area (Å²) in [6, 6.07) is 15.8. The van der Waals surface area contributed by atoms with Crippen LogP contribution in [-0.2, 0) is 34.6 Å². The molecule has 3 nitrogen and oxygen atoms in total. The Hall–Kier alpha value is -1.28. The Morgan fingerprint density at radius 2 is 1.18 bits per heavy atom. The van der Waals surface area contributed by atoms with E-state index in [9.17, 15) is 8.42 Å². The lowest BCUT2D eigenvalue weighted by Crippen LogP contribution is -2.44. The summed E-state index contributed by atoms with van der Waals surface area (Å²) in [4.78, 5) is 0. The zero-order chi connectivity index (χ0) is 34.6. The lowest BCUT2D eigenvalue weighted by atomic mass is 9.98. The number of nitrogens with zero attached hydrogens (tertiary/aromatic N) is 1. The fourth-order valence-corrected chi connectivity index (χ4v) is 6.89. The molecule has 252 valence electrons. The van der Waals surface area contributed by atoms with Crippen LogP contribution in [0.1, 0.15) is 65.5 Å². The highest BCUT2D eigenvalue weighted by atomic mass is 79.9. The monoisotopic (exact) mass is 757 g/mol. The normalized spacial score (nSPS) is 14.0. The van der Waals surface area contributed by atoms with Gasteiger partial charge < -0.3 is 0 Å². The van der Waals surface area contributed by atoms with Gasteiger partial charge in [0.2, 0.25) is 0 Å². The first-order chi connectivity index (χ1) is 21.0. The van der Waals surface area contributed by atoms with Crippen LogP contribution in [0.5, 0.6) is 0 Å². The van der Waals surface area contributed by atoms with E-state index in [1.807, 2.05) is 113 Å². The van der Waals surface area contributed by atoms with Gasteiger partial charge in [0.05, 0.1) is 4.75 Å². The van der Waals surface area contributed by atoms with Crippen molar-refractivity contribution in [1.82, 2.24) is 4.31 Å². The van der Waals surface area contributed by atoms with Crippen LogP contribution in [0.3, 0.4) is 0 Å². The van der Waals surface area contributed by atoms with Crippen molar-refractivity contribution in [2.75, 3.05) is 17.6 Å². The van der Waals surface area contributed by atoms with Crippen LogP contribution in [0.25, 0.3) is 0 Å². The van der Waals surface area contributed by atoms with Gasteiger partial charge in [-0.05, 0) is 109 Å². The van der Waals surface area contributed by atoms with Crippen molar-refractivity contribution >= 4 is 60.9 Å². The van der Waals surface area contributed by atoms with Crippen molar-refractivity contribution in [2.24, 2.45) is 5.92 Å². The number of rotatable bonds is 15. The molecule has 2 unspecified atom stereocenters. The smallest absolute Gasteiger partial charge is 0.100 e. The second-order valence-corrected chi connectivity index (χ2v) is 18.5. The van der Waals surface area contributed by atoms with Crippen molar-refractivity contribution in [2.45, 2.75) is 82.8 Å². The molecule has 0 saturated carbocycles. The van der Waals surface area contributed by atoms with Crippen molar-refractivity contribution in [3.63, 3.8) is 0 Å². The molecule has 2 aromatic rings. The summed E-state index contributed by atoms with van der Waals surface area (Å²) in [5.41, 5.74) is 2.42. The molecule has 45 heavy (non-hydrogen) atoms. The molecule has 0 heterocycles. The molecule has 0 N–H and O–H groups in total. The van der Waals surface area contributed by atoms with Crippen molar-refractivity contribution < 1.29 is 8.42 Å². The third kappa shape index (κ3) is 19.2. The van der Waals surface area contributed by atoms with Gasteiger partial charge in [-0.3, -0.25) is 4.21 Å². The van der Waals surface area contributed by atoms with Gasteiger partial charge in [-0.1, -0.05) is 87.7 Å². The summed E-state index contributed by atoms with van der Waals surface area (Å²) < 4.78 is 26.7. The number of hydrogen-bond donors (Lipinski definition) is 0. The van der Waals surface area contributed by atoms with Gasteiger partial charge in [0.15, 0.2) is 0 Å². The number of allylic oxidation sites excluding steroid dienone is 2. The Balaban J connectivity index is 0.000000775. The van der Waals surface area contributed by atoms with E-state index in [-0.39, 0.29) is 15.5 Å². The molecule has 0 aliphatic heterocycles. The Morgan fingerprint density at radius 3 is 1.53 bits per heavy atom. The predicted molar refractivity (Wildman–Crippen MR) is 209 cm³/mol. The van der Waals surface area contributed by atoms with Gasteiger partial charge in [-0.2, -0.15) is 0 Å². The second-order valence-electron chi connectivity index (χ2n) is 12.5. The van der Waals surface area contributed by atoms with Crippen LogP contribution in [0.4, 0.5) is 0 Å². The molecule has 0 radical (unpaired) electrons. The lowest BCUT2D eigenvalue weighted by molar-refractivity contribution is 0.354. The van der Waals surface area contributed by atoms with E-state index < -0.39 is 21.8 Å². The van der Waals surface area contributed by atoms with Gasteiger partial charge in [0.25, 0.3) is 0 Å². The molecule has 0 bridgehead atoms. The average molecular weight is 760 g/mol. The van der Waals surface area contributed by atoms with Gasteiger partial charge in [-0.25, -0.2) is 8.51 Å². The molecule has 2 aromatic carbocycles. The fraction of sp³-hybridized carbons (Fsp3) is 0.459. The van der Waals surface area contributed by atoms with E-state index in [2.05, 4.69) is 42.2 Å². The van der Waals surface area contributed by atoms with E-state index in [1.54, 1.807) is 6.08 Å². The first kappa shape index (κ1) is 43.7. The standard InChI is InChI=1S/C18H26ClNOS.C16H23ClOS.C3H5Br/c1-6-8-17(14-15-9-11-16(19)12-10-15)20(13-7-2)22(21)18(3,4)5;1-5-6-14(12-19(18)16(2,3)4)11-13-7-9-15(17)10-8-13;1-2-3-4/h6-7,9-12,17H,1-2,8,13-14H2,3-5H3;5,7-10,14H,1,6,11-12H2,2-4H3;2H,1,3H2/t17-,22?;14-,19?;/m11./s1. The zero-order valence-electron chi connectivity index (χ0n) is 28.1. The summed E-state index contributed by atoms with van der Waals surface area (Å²) in [5.74, 6) is 1.09. The molecule has 2 rings (SSSR count). The number of hydrogen-bond acceptors (Lipinski definition) is 2. The van der Waals surface area contributed by atoms with Gasteiger partial charge >= 0.3 is 0 Å². The number of alkyl halides is 1. The minimum atomic E-state index is -1.10. The van der Waals surface area contributed by atoms with Crippen LogP contribution in [0.15, 0.2) is 99.2 Å². The minimum absolute atomic E-state index is 0.122. The van der Waals surface area contributed by atoms with Gasteiger partial charge in [0.1, 0.15) is 11.0 Å². The van der Waals surface area contributed by atoms with E-state index in [4.69, 9.17) is 23.2 Å². The first-order valence-corrected chi connectivity index (χ1v) is 19.4. The highest BCUT2D eigenvalue weighted by Crippen LogP contribution is 2.23. The highest BCUT2D eigenvalue weighted by molar-refractivity contribution is 9.09. The quantitative estimate of drug-likeness (QED) is 0.134. The van der Waals surface area contributed by atoms with Crippen molar-refractivity contribution in [3.8, 4) is 0 Å². The van der Waals surface area contributed by atoms with E-state index in [0.717, 1.165) is 46.8 Å². The van der Waals surface area contributed by atoms with Crippen molar-refractivity contribution in [1.29, 1.82) is 0 Å². The van der Waals surface area contributed by atoms with Crippen LogP contribution >= 0.6 is 39.1 Å². The molecule has 0 aliphatic carbocycles.